The van der Waals surface area contributed by atoms with Crippen molar-refractivity contribution >= 4 is 12.0 Å². The van der Waals surface area contributed by atoms with Gasteiger partial charge in [-0.1, -0.05) is 0 Å². The maximum atomic E-state index is 11.3. The van der Waals surface area contributed by atoms with Gasteiger partial charge in [0.15, 0.2) is 0 Å². The summed E-state index contributed by atoms with van der Waals surface area (Å²) in [7, 11) is 0. The molecule has 0 atom stereocenters. The lowest BCUT2D eigenvalue weighted by Gasteiger charge is -2.05. The molecule has 0 unspecified atom stereocenters. The Hall–Kier alpha value is -2.24. The molecule has 0 bridgehead atoms. The van der Waals surface area contributed by atoms with Crippen LogP contribution in [0.5, 0.6) is 0 Å². The van der Waals surface area contributed by atoms with Crippen LogP contribution in [0.25, 0.3) is 0 Å². The minimum absolute atomic E-state index is 0.193. The van der Waals surface area contributed by atoms with Gasteiger partial charge in [0.2, 0.25) is 0 Å². The maximum absolute atomic E-state index is 11.3. The Morgan fingerprint density at radius 2 is 2.25 bits per heavy atom. The molecule has 0 spiro atoms. The Morgan fingerprint density at radius 3 is 2.94 bits per heavy atom. The molecule has 84 valence electrons. The number of carbonyl (C=O) groups is 1. The van der Waals surface area contributed by atoms with Gasteiger partial charge in [-0.2, -0.15) is 0 Å². The first-order valence-corrected chi connectivity index (χ1v) is 4.90. The van der Waals surface area contributed by atoms with Crippen molar-refractivity contribution in [3.8, 4) is 0 Å². The van der Waals surface area contributed by atoms with Gasteiger partial charge in [0.05, 0.1) is 6.20 Å². The largest absolute Gasteiger partial charge is 0.432 e. The molecule has 2 rings (SSSR count). The van der Waals surface area contributed by atoms with Crippen molar-refractivity contribution in [1.82, 2.24) is 14.9 Å². The van der Waals surface area contributed by atoms with E-state index in [4.69, 9.17) is 4.42 Å². The third-order valence-electron chi connectivity index (χ3n) is 1.97. The molecule has 0 aliphatic heterocycles. The Kier molecular flexibility index (Phi) is 3.22. The number of aromatic nitrogens is 2. The van der Waals surface area contributed by atoms with Crippen LogP contribution < -0.4 is 10.6 Å². The number of hydrogen-bond donors (Lipinski definition) is 2. The fourth-order valence-electron chi connectivity index (χ4n) is 1.24. The molecule has 6 heteroatoms. The number of anilines is 1. The van der Waals surface area contributed by atoms with E-state index in [-0.39, 0.29) is 12.0 Å². The fraction of sp³-hybridized carbons (Fsp3) is 0.200. The third kappa shape index (κ3) is 2.88. The fourth-order valence-corrected chi connectivity index (χ4v) is 1.24. The van der Waals surface area contributed by atoms with Crippen LogP contribution in [0.4, 0.5) is 10.8 Å². The molecule has 2 N–H and O–H groups in total. The van der Waals surface area contributed by atoms with Crippen LogP contribution in [-0.2, 0) is 6.54 Å². The SMILES string of the molecule is O=C(NCCn1cccc1)Nc1ncco1. The summed E-state index contributed by atoms with van der Waals surface area (Å²) in [6.07, 6.45) is 6.74. The van der Waals surface area contributed by atoms with Crippen LogP contribution in [-0.4, -0.2) is 22.1 Å². The predicted molar refractivity (Wildman–Crippen MR) is 58.0 cm³/mol. The number of urea groups is 1. The highest BCUT2D eigenvalue weighted by atomic mass is 16.4. The molecular formula is C10H12N4O2. The molecule has 0 aliphatic rings. The van der Waals surface area contributed by atoms with Gasteiger partial charge in [0, 0.05) is 25.5 Å². The lowest BCUT2D eigenvalue weighted by atomic mass is 10.6. The summed E-state index contributed by atoms with van der Waals surface area (Å²) in [4.78, 5) is 15.1. The second-order valence-electron chi connectivity index (χ2n) is 3.14. The van der Waals surface area contributed by atoms with Gasteiger partial charge in [-0.3, -0.25) is 5.32 Å². The van der Waals surface area contributed by atoms with Crippen LogP contribution in [0.1, 0.15) is 0 Å². The second kappa shape index (κ2) is 5.01. The van der Waals surface area contributed by atoms with Crippen molar-refractivity contribution < 1.29 is 9.21 Å². The van der Waals surface area contributed by atoms with E-state index in [1.165, 1.54) is 12.5 Å². The molecule has 2 amide bonds. The van der Waals surface area contributed by atoms with Crippen molar-refractivity contribution in [2.75, 3.05) is 11.9 Å². The molecular weight excluding hydrogens is 208 g/mol. The van der Waals surface area contributed by atoms with E-state index >= 15 is 0 Å². The molecule has 0 fully saturated rings. The average Bonchev–Trinajstić information content (AvgIpc) is 2.90. The summed E-state index contributed by atoms with van der Waals surface area (Å²) in [6, 6.07) is 3.74. The first kappa shape index (κ1) is 10.3. The number of amides is 2. The molecule has 2 aromatic rings. The van der Waals surface area contributed by atoms with Crippen molar-refractivity contribution in [2.45, 2.75) is 6.54 Å². The zero-order chi connectivity index (χ0) is 11.2. The zero-order valence-corrected chi connectivity index (χ0v) is 8.59. The van der Waals surface area contributed by atoms with E-state index < -0.39 is 0 Å². The molecule has 0 radical (unpaired) electrons. The van der Waals surface area contributed by atoms with E-state index in [0.717, 1.165) is 6.54 Å². The lowest BCUT2D eigenvalue weighted by molar-refractivity contribution is 0.251. The van der Waals surface area contributed by atoms with Crippen molar-refractivity contribution in [3.63, 3.8) is 0 Å². The summed E-state index contributed by atoms with van der Waals surface area (Å²) < 4.78 is 6.85. The molecule has 0 saturated heterocycles. The zero-order valence-electron chi connectivity index (χ0n) is 8.59. The molecule has 0 aliphatic carbocycles. The Labute approximate surface area is 92.3 Å². The van der Waals surface area contributed by atoms with Crippen LogP contribution in [0.15, 0.2) is 41.4 Å². The number of oxazole rings is 1. The van der Waals surface area contributed by atoms with E-state index in [0.29, 0.717) is 6.54 Å². The van der Waals surface area contributed by atoms with Crippen molar-refractivity contribution in [3.05, 3.63) is 37.0 Å². The molecule has 6 nitrogen and oxygen atoms in total. The maximum Gasteiger partial charge on any atom is 0.322 e. The first-order chi connectivity index (χ1) is 7.84. The second-order valence-corrected chi connectivity index (χ2v) is 3.14. The number of nitrogens with one attached hydrogen (secondary N) is 2. The van der Waals surface area contributed by atoms with E-state index in [2.05, 4.69) is 15.6 Å². The summed E-state index contributed by atoms with van der Waals surface area (Å²) in [5.74, 6) is 0. The van der Waals surface area contributed by atoms with Gasteiger partial charge in [-0.05, 0) is 12.1 Å². The monoisotopic (exact) mass is 220 g/mol. The van der Waals surface area contributed by atoms with E-state index in [1.54, 1.807) is 0 Å². The van der Waals surface area contributed by atoms with Crippen molar-refractivity contribution in [2.24, 2.45) is 0 Å². The molecule has 0 saturated carbocycles. The summed E-state index contributed by atoms with van der Waals surface area (Å²) in [5, 5.41) is 5.15. The van der Waals surface area contributed by atoms with Crippen molar-refractivity contribution in [1.29, 1.82) is 0 Å². The summed E-state index contributed by atoms with van der Waals surface area (Å²) >= 11 is 0. The number of nitrogens with zero attached hydrogens (tertiary/aromatic N) is 2. The average molecular weight is 220 g/mol. The molecule has 2 aromatic heterocycles. The van der Waals surface area contributed by atoms with Crippen LogP contribution in [0.3, 0.4) is 0 Å². The Bertz CT molecular complexity index is 422. The third-order valence-corrected chi connectivity index (χ3v) is 1.97. The minimum atomic E-state index is -0.324. The summed E-state index contributed by atoms with van der Waals surface area (Å²) in [6.45, 7) is 1.27. The van der Waals surface area contributed by atoms with E-state index in [9.17, 15) is 4.79 Å². The van der Waals surface area contributed by atoms with Gasteiger partial charge >= 0.3 is 12.0 Å². The normalized spacial score (nSPS) is 10.0. The van der Waals surface area contributed by atoms with Gasteiger partial charge in [-0.15, -0.1) is 0 Å². The molecule has 16 heavy (non-hydrogen) atoms. The van der Waals surface area contributed by atoms with Gasteiger partial charge in [0.25, 0.3) is 0 Å². The summed E-state index contributed by atoms with van der Waals surface area (Å²) in [5.41, 5.74) is 0. The van der Waals surface area contributed by atoms with Gasteiger partial charge < -0.3 is 14.3 Å². The molecule has 0 aromatic carbocycles. The molecule has 2 heterocycles. The quantitative estimate of drug-likeness (QED) is 0.815. The number of carbonyl (C=O) groups excluding carboxylic acids is 1. The lowest BCUT2D eigenvalue weighted by Crippen LogP contribution is -2.31. The Morgan fingerprint density at radius 1 is 1.44 bits per heavy atom. The first-order valence-electron chi connectivity index (χ1n) is 4.90. The van der Waals surface area contributed by atoms with Gasteiger partial charge in [0.1, 0.15) is 6.26 Å². The van der Waals surface area contributed by atoms with Crippen LogP contribution >= 0.6 is 0 Å². The van der Waals surface area contributed by atoms with Gasteiger partial charge in [-0.25, -0.2) is 9.78 Å². The minimum Gasteiger partial charge on any atom is -0.432 e. The highest BCUT2D eigenvalue weighted by Crippen LogP contribution is 1.99. The topological polar surface area (TPSA) is 72.1 Å². The standard InChI is InChI=1S/C10H12N4O2/c15-9(13-10-12-4-8-16-10)11-3-7-14-5-1-2-6-14/h1-2,4-6,8H,3,7H2,(H2,11,12,13,15). The number of hydrogen-bond acceptors (Lipinski definition) is 3. The smallest absolute Gasteiger partial charge is 0.322 e. The predicted octanol–water partition coefficient (Wildman–Crippen LogP) is 1.30. The van der Waals surface area contributed by atoms with Crippen LogP contribution in [0.2, 0.25) is 0 Å². The van der Waals surface area contributed by atoms with Crippen LogP contribution in [0, 0.1) is 0 Å². The highest BCUT2D eigenvalue weighted by Gasteiger charge is 2.03. The Balaban J connectivity index is 1.68. The van der Waals surface area contributed by atoms with E-state index in [1.807, 2.05) is 29.1 Å². The number of rotatable bonds is 4. The highest BCUT2D eigenvalue weighted by molar-refractivity contribution is 5.86.